The van der Waals surface area contributed by atoms with Gasteiger partial charge in [0.1, 0.15) is 11.4 Å². The van der Waals surface area contributed by atoms with Crippen LogP contribution >= 0.6 is 11.3 Å². The third kappa shape index (κ3) is 1.67. The van der Waals surface area contributed by atoms with E-state index in [0.717, 1.165) is 16.4 Å². The molecule has 4 rings (SSSR count). The summed E-state index contributed by atoms with van der Waals surface area (Å²) in [4.78, 5) is 8.94. The Hall–Kier alpha value is -2.68. The zero-order valence-electron chi connectivity index (χ0n) is 10.3. The van der Waals surface area contributed by atoms with Crippen LogP contribution in [0.4, 0.5) is 0 Å². The molecule has 0 spiro atoms. The van der Waals surface area contributed by atoms with Crippen LogP contribution in [0.5, 0.6) is 0 Å². The molecule has 0 fully saturated rings. The van der Waals surface area contributed by atoms with Gasteiger partial charge in [0, 0.05) is 18.1 Å². The summed E-state index contributed by atoms with van der Waals surface area (Å²) in [5.41, 5.74) is 2.42. The van der Waals surface area contributed by atoms with Gasteiger partial charge < -0.3 is 0 Å². The summed E-state index contributed by atoms with van der Waals surface area (Å²) in [5, 5.41) is 20.6. The predicted octanol–water partition coefficient (Wildman–Crippen LogP) is 1.34. The first kappa shape index (κ1) is 11.2. The van der Waals surface area contributed by atoms with Crippen molar-refractivity contribution in [2.24, 2.45) is 0 Å². The maximum absolute atomic E-state index is 4.49. The summed E-state index contributed by atoms with van der Waals surface area (Å²) in [6.07, 6.45) is 4.86. The molecule has 4 heterocycles. The van der Waals surface area contributed by atoms with Crippen LogP contribution < -0.4 is 0 Å². The quantitative estimate of drug-likeness (QED) is 0.596. The molecule has 0 aliphatic carbocycles. The topological polar surface area (TPSA) is 97.5 Å². The molecule has 8 nitrogen and oxygen atoms in total. The Bertz CT molecular complexity index is 874. The summed E-state index contributed by atoms with van der Waals surface area (Å²) < 4.78 is 1.66. The number of nitrogens with one attached hydrogen (secondary N) is 1. The molecule has 0 radical (unpaired) electrons. The SMILES string of the molecule is Cc1cc(-c2nn3c(-c4cnccn4)nnc3s2)n[nH]1. The van der Waals surface area contributed by atoms with Gasteiger partial charge in [-0.25, -0.2) is 4.98 Å². The minimum absolute atomic E-state index is 0.572. The molecule has 1 N–H and O–H groups in total. The smallest absolute Gasteiger partial charge is 0.235 e. The maximum Gasteiger partial charge on any atom is 0.235 e. The molecule has 0 saturated carbocycles. The Labute approximate surface area is 116 Å². The lowest BCUT2D eigenvalue weighted by atomic mass is 10.4. The molecule has 0 aliphatic heterocycles. The zero-order valence-corrected chi connectivity index (χ0v) is 11.2. The van der Waals surface area contributed by atoms with Crippen molar-refractivity contribution in [3.63, 3.8) is 0 Å². The lowest BCUT2D eigenvalue weighted by Gasteiger charge is -1.93. The van der Waals surface area contributed by atoms with Gasteiger partial charge in [-0.15, -0.1) is 10.2 Å². The highest BCUT2D eigenvalue weighted by Crippen LogP contribution is 2.26. The van der Waals surface area contributed by atoms with Crippen molar-refractivity contribution < 1.29 is 0 Å². The van der Waals surface area contributed by atoms with E-state index in [1.807, 2.05) is 13.0 Å². The third-order valence-corrected chi connectivity index (χ3v) is 3.63. The van der Waals surface area contributed by atoms with Gasteiger partial charge in [0.25, 0.3) is 0 Å². The fraction of sp³-hybridized carbons (Fsp3) is 0.0909. The van der Waals surface area contributed by atoms with Gasteiger partial charge in [-0.2, -0.15) is 14.7 Å². The van der Waals surface area contributed by atoms with Crippen LogP contribution in [0.1, 0.15) is 5.69 Å². The fourth-order valence-electron chi connectivity index (χ4n) is 1.82. The summed E-state index contributed by atoms with van der Waals surface area (Å²) in [5.74, 6) is 0.572. The highest BCUT2D eigenvalue weighted by molar-refractivity contribution is 7.19. The van der Waals surface area contributed by atoms with E-state index in [4.69, 9.17) is 0 Å². The monoisotopic (exact) mass is 284 g/mol. The van der Waals surface area contributed by atoms with Gasteiger partial charge in [-0.1, -0.05) is 11.3 Å². The number of aryl methyl sites for hydroxylation is 1. The predicted molar refractivity (Wildman–Crippen MR) is 72.0 cm³/mol. The van der Waals surface area contributed by atoms with Crippen molar-refractivity contribution in [2.75, 3.05) is 0 Å². The molecular weight excluding hydrogens is 276 g/mol. The van der Waals surface area contributed by atoms with E-state index in [1.165, 1.54) is 11.3 Å². The van der Waals surface area contributed by atoms with E-state index in [9.17, 15) is 0 Å². The third-order valence-electron chi connectivity index (χ3n) is 2.71. The van der Waals surface area contributed by atoms with Crippen LogP contribution in [0.25, 0.3) is 27.2 Å². The number of rotatable bonds is 2. The number of fused-ring (bicyclic) bond motifs is 1. The molecule has 0 aromatic carbocycles. The minimum Gasteiger partial charge on any atom is -0.282 e. The normalized spacial score (nSPS) is 11.2. The molecule has 0 amide bonds. The highest BCUT2D eigenvalue weighted by Gasteiger charge is 2.16. The van der Waals surface area contributed by atoms with Crippen LogP contribution in [-0.4, -0.2) is 40.0 Å². The highest BCUT2D eigenvalue weighted by atomic mass is 32.1. The molecule has 20 heavy (non-hydrogen) atoms. The van der Waals surface area contributed by atoms with E-state index < -0.39 is 0 Å². The van der Waals surface area contributed by atoms with Crippen molar-refractivity contribution in [3.8, 4) is 22.2 Å². The standard InChI is InChI=1S/C11H8N8S/c1-6-4-7(15-14-6)10-18-19-9(16-17-11(19)20-10)8-5-12-2-3-13-8/h2-5H,1H3,(H,14,15). The molecule has 4 aromatic heterocycles. The Morgan fingerprint density at radius 1 is 1.20 bits per heavy atom. The van der Waals surface area contributed by atoms with Gasteiger partial charge in [-0.3, -0.25) is 10.1 Å². The van der Waals surface area contributed by atoms with Crippen LogP contribution in [0.15, 0.2) is 24.7 Å². The van der Waals surface area contributed by atoms with E-state index >= 15 is 0 Å². The Morgan fingerprint density at radius 2 is 2.15 bits per heavy atom. The zero-order chi connectivity index (χ0) is 13.5. The second kappa shape index (κ2) is 4.17. The number of hydrogen-bond donors (Lipinski definition) is 1. The lowest BCUT2D eigenvalue weighted by molar-refractivity contribution is 0.951. The van der Waals surface area contributed by atoms with Crippen molar-refractivity contribution >= 4 is 16.3 Å². The van der Waals surface area contributed by atoms with Crippen molar-refractivity contribution in [1.29, 1.82) is 0 Å². The summed E-state index contributed by atoms with van der Waals surface area (Å²) in [6.45, 7) is 1.95. The molecule has 0 saturated heterocycles. The van der Waals surface area contributed by atoms with Crippen molar-refractivity contribution in [1.82, 2.24) is 40.0 Å². The number of aromatic nitrogens is 8. The van der Waals surface area contributed by atoms with Gasteiger partial charge >= 0.3 is 0 Å². The van der Waals surface area contributed by atoms with E-state index in [0.29, 0.717) is 16.5 Å². The van der Waals surface area contributed by atoms with Crippen LogP contribution in [-0.2, 0) is 0 Å². The molecule has 0 bridgehead atoms. The van der Waals surface area contributed by atoms with E-state index in [2.05, 4.69) is 35.5 Å². The van der Waals surface area contributed by atoms with Gasteiger partial charge in [0.05, 0.1) is 6.20 Å². The van der Waals surface area contributed by atoms with Crippen molar-refractivity contribution in [2.45, 2.75) is 6.92 Å². The van der Waals surface area contributed by atoms with Crippen molar-refractivity contribution in [3.05, 3.63) is 30.4 Å². The Balaban J connectivity index is 1.87. The lowest BCUT2D eigenvalue weighted by Crippen LogP contribution is -1.93. The largest absolute Gasteiger partial charge is 0.282 e. The van der Waals surface area contributed by atoms with Gasteiger partial charge in [0.2, 0.25) is 10.8 Å². The number of hydrogen-bond acceptors (Lipinski definition) is 7. The maximum atomic E-state index is 4.49. The second-order valence-electron chi connectivity index (χ2n) is 4.15. The Kier molecular flexibility index (Phi) is 2.33. The van der Waals surface area contributed by atoms with Crippen LogP contribution in [0.3, 0.4) is 0 Å². The molecule has 4 aromatic rings. The average molecular weight is 284 g/mol. The summed E-state index contributed by atoms with van der Waals surface area (Å²) in [7, 11) is 0. The van der Waals surface area contributed by atoms with Gasteiger partial charge in [-0.05, 0) is 13.0 Å². The van der Waals surface area contributed by atoms with Crippen LogP contribution in [0.2, 0.25) is 0 Å². The second-order valence-corrected chi connectivity index (χ2v) is 5.11. The number of nitrogens with zero attached hydrogens (tertiary/aromatic N) is 7. The Morgan fingerprint density at radius 3 is 2.90 bits per heavy atom. The van der Waals surface area contributed by atoms with Crippen LogP contribution in [0, 0.1) is 6.92 Å². The first-order valence-electron chi connectivity index (χ1n) is 5.82. The summed E-state index contributed by atoms with van der Waals surface area (Å²) >= 11 is 1.43. The van der Waals surface area contributed by atoms with E-state index in [-0.39, 0.29) is 0 Å². The van der Waals surface area contributed by atoms with E-state index in [1.54, 1.807) is 23.1 Å². The summed E-state index contributed by atoms with van der Waals surface area (Å²) in [6, 6.07) is 1.94. The first-order valence-corrected chi connectivity index (χ1v) is 6.64. The molecule has 0 atom stereocenters. The molecule has 0 aliphatic rings. The molecule has 0 unspecified atom stereocenters. The fourth-order valence-corrected chi connectivity index (χ4v) is 2.62. The number of aromatic amines is 1. The molecule has 98 valence electrons. The molecule has 9 heteroatoms. The average Bonchev–Trinajstić information content (AvgIpc) is 3.13. The molecular formula is C11H8N8S. The number of H-pyrrole nitrogens is 1. The first-order chi connectivity index (χ1) is 9.81. The minimum atomic E-state index is 0.572. The van der Waals surface area contributed by atoms with Gasteiger partial charge in [0.15, 0.2) is 5.01 Å².